The van der Waals surface area contributed by atoms with Crippen molar-refractivity contribution in [2.24, 2.45) is 0 Å². The first-order valence-corrected chi connectivity index (χ1v) is 26.4. The molecule has 0 N–H and O–H groups in total. The molecule has 1 fully saturated rings. The minimum atomic E-state index is -0.0382. The Morgan fingerprint density at radius 2 is 1.60 bits per heavy atom. The second-order valence-corrected chi connectivity index (χ2v) is 49.4. The van der Waals surface area contributed by atoms with Crippen molar-refractivity contribution in [2.45, 2.75) is 36.1 Å². The van der Waals surface area contributed by atoms with Gasteiger partial charge in [0.1, 0.15) is 0 Å². The first kappa shape index (κ1) is 10.3. The van der Waals surface area contributed by atoms with E-state index in [4.69, 9.17) is 0 Å². The fourth-order valence-corrected chi connectivity index (χ4v) is 89.8. The summed E-state index contributed by atoms with van der Waals surface area (Å²) in [5.41, 5.74) is 0. The van der Waals surface area contributed by atoms with Crippen LogP contribution in [0.25, 0.3) is 0 Å². The summed E-state index contributed by atoms with van der Waals surface area (Å²) in [5, 5.41) is 3.53. The average molecular weight is 388 g/mol. The van der Waals surface area contributed by atoms with E-state index in [0.717, 1.165) is 11.6 Å². The SMILES string of the molecule is [AsH2][AsH][AsH][As]1CCCCCC1. The van der Waals surface area contributed by atoms with Crippen molar-refractivity contribution in [3.63, 3.8) is 0 Å². The molecule has 0 spiro atoms. The van der Waals surface area contributed by atoms with Crippen LogP contribution in [0.1, 0.15) is 25.7 Å². The Hall–Kier alpha value is 2.23. The van der Waals surface area contributed by atoms with Crippen molar-refractivity contribution >= 4 is 50.6 Å². The van der Waals surface area contributed by atoms with Crippen LogP contribution in [0, 0.1) is 0 Å². The van der Waals surface area contributed by atoms with Crippen LogP contribution >= 0.6 is 0 Å². The Kier molecular flexibility index (Phi) is 6.93. The molecule has 4 heteroatoms. The summed E-state index contributed by atoms with van der Waals surface area (Å²) >= 11 is 3.56. The van der Waals surface area contributed by atoms with Crippen molar-refractivity contribution in [2.75, 3.05) is 0 Å². The van der Waals surface area contributed by atoms with E-state index in [0.29, 0.717) is 11.6 Å². The molecule has 0 aromatic carbocycles. The number of rotatable bonds is 2. The van der Waals surface area contributed by atoms with Gasteiger partial charge < -0.3 is 0 Å². The summed E-state index contributed by atoms with van der Waals surface area (Å²) in [4.78, 5) is 0. The van der Waals surface area contributed by atoms with Gasteiger partial charge in [-0.15, -0.1) is 0 Å². The first-order chi connectivity index (χ1) is 4.93. The van der Waals surface area contributed by atoms with E-state index in [9.17, 15) is 0 Å². The van der Waals surface area contributed by atoms with Gasteiger partial charge in [-0.3, -0.25) is 0 Å². The molecule has 0 radical (unpaired) electrons. The van der Waals surface area contributed by atoms with Gasteiger partial charge in [0.25, 0.3) is 0 Å². The molecule has 0 bridgehead atoms. The Morgan fingerprint density at radius 1 is 1.00 bits per heavy atom. The van der Waals surface area contributed by atoms with Crippen molar-refractivity contribution in [3.8, 4) is 0 Å². The van der Waals surface area contributed by atoms with E-state index in [2.05, 4.69) is 14.8 Å². The normalized spacial score (nSPS) is 24.9. The van der Waals surface area contributed by atoms with Gasteiger partial charge >= 0.3 is 86.7 Å². The molecule has 1 saturated heterocycles. The molecule has 0 aliphatic carbocycles. The van der Waals surface area contributed by atoms with Crippen LogP contribution in [0.3, 0.4) is 0 Å². The quantitative estimate of drug-likeness (QED) is 0.580. The molecular weight excluding hydrogens is 372 g/mol. The molecule has 10 heavy (non-hydrogen) atoms. The second-order valence-electron chi connectivity index (χ2n) is 2.66. The van der Waals surface area contributed by atoms with E-state index < -0.39 is 0 Å². The van der Waals surface area contributed by atoms with Crippen LogP contribution < -0.4 is 0 Å². The summed E-state index contributed by atoms with van der Waals surface area (Å²) in [6, 6.07) is 0. The average Bonchev–Trinajstić information content (AvgIpc) is 2.17. The van der Waals surface area contributed by atoms with E-state index in [1.165, 1.54) is 0 Å². The third kappa shape index (κ3) is 4.31. The van der Waals surface area contributed by atoms with Crippen LogP contribution in [0.5, 0.6) is 0 Å². The molecule has 0 saturated carbocycles. The van der Waals surface area contributed by atoms with Crippen molar-refractivity contribution < 1.29 is 0 Å². The number of hydrogen-bond acceptors (Lipinski definition) is 0. The van der Waals surface area contributed by atoms with Crippen LogP contribution in [0.15, 0.2) is 0 Å². The third-order valence-electron chi connectivity index (χ3n) is 1.83. The van der Waals surface area contributed by atoms with E-state index in [1.54, 1.807) is 36.1 Å². The summed E-state index contributed by atoms with van der Waals surface area (Å²) < 4.78 is 0. The molecule has 1 heterocycles. The van der Waals surface area contributed by atoms with Gasteiger partial charge in [0.2, 0.25) is 0 Å². The molecule has 1 aliphatic heterocycles. The molecule has 60 valence electrons. The summed E-state index contributed by atoms with van der Waals surface area (Å²) in [5.74, 6) is 0. The monoisotopic (exact) mass is 388 g/mol. The van der Waals surface area contributed by atoms with Crippen molar-refractivity contribution in [1.29, 1.82) is 0 Å². The van der Waals surface area contributed by atoms with Gasteiger partial charge in [-0.05, 0) is 0 Å². The Morgan fingerprint density at radius 3 is 2.10 bits per heavy atom. The van der Waals surface area contributed by atoms with Crippen molar-refractivity contribution in [3.05, 3.63) is 0 Å². The molecule has 0 aromatic heterocycles. The van der Waals surface area contributed by atoms with Crippen LogP contribution in [-0.2, 0) is 0 Å². The van der Waals surface area contributed by atoms with Gasteiger partial charge in [-0.2, -0.15) is 0 Å². The molecular formula is C6H16As4. The second kappa shape index (κ2) is 6.72. The van der Waals surface area contributed by atoms with Gasteiger partial charge in [-0.1, -0.05) is 0 Å². The predicted molar refractivity (Wildman–Crippen MR) is 56.7 cm³/mol. The predicted octanol–water partition coefficient (Wildman–Crippen LogP) is -0.112. The maximum atomic E-state index is 2.13. The van der Waals surface area contributed by atoms with Crippen LogP contribution in [0.4, 0.5) is 0 Å². The van der Waals surface area contributed by atoms with Gasteiger partial charge in [0.15, 0.2) is 0 Å². The van der Waals surface area contributed by atoms with Gasteiger partial charge in [0, 0.05) is 0 Å². The standard InChI is InChI=1S/C6H16As4/c7-8-9-10-5-3-1-2-4-6-10/h8-9H,1-7H2. The zero-order valence-electron chi connectivity index (χ0n) is 6.27. The molecule has 1 rings (SSSR count). The fraction of sp³-hybridized carbons (Fsp3) is 1.00. The van der Waals surface area contributed by atoms with E-state index in [-0.39, 0.29) is 12.6 Å². The van der Waals surface area contributed by atoms with Crippen LogP contribution in [-0.4, -0.2) is 50.6 Å². The fourth-order valence-electron chi connectivity index (χ4n) is 1.27. The first-order valence-electron chi connectivity index (χ1n) is 3.89. The van der Waals surface area contributed by atoms with E-state index >= 15 is 0 Å². The van der Waals surface area contributed by atoms with Crippen molar-refractivity contribution in [1.82, 2.24) is 0 Å². The van der Waals surface area contributed by atoms with Gasteiger partial charge in [0.05, 0.1) is 0 Å². The third-order valence-corrected chi connectivity index (χ3v) is 79.3. The Bertz CT molecular complexity index is 77.8. The Labute approximate surface area is 85.7 Å². The minimum absolute atomic E-state index is 0.0382. The Balaban J connectivity index is 2.15. The zero-order chi connectivity index (χ0) is 7.23. The maximum absolute atomic E-state index is 2.13. The zero-order valence-corrected chi connectivity index (χ0v) is 14.8. The topological polar surface area (TPSA) is 0 Å². The molecule has 1 aliphatic rings. The summed E-state index contributed by atoms with van der Waals surface area (Å²) in [6.07, 6.45) is 6.41. The van der Waals surface area contributed by atoms with Crippen LogP contribution in [0.2, 0.25) is 10.4 Å². The molecule has 3 unspecified atom stereocenters. The molecule has 0 amide bonds. The molecule has 0 nitrogen and oxygen atoms in total. The number of hydrogen-bond donors (Lipinski definition) is 0. The summed E-state index contributed by atoms with van der Waals surface area (Å²) in [7, 11) is 0. The summed E-state index contributed by atoms with van der Waals surface area (Å²) in [6.45, 7) is 0. The van der Waals surface area contributed by atoms with Gasteiger partial charge in [-0.25, -0.2) is 0 Å². The van der Waals surface area contributed by atoms with E-state index in [1.807, 2.05) is 0 Å². The molecule has 3 atom stereocenters. The molecule has 0 aromatic rings.